The molecule has 2 aromatic rings. The van der Waals surface area contributed by atoms with Gasteiger partial charge < -0.3 is 9.84 Å². The molecule has 0 heterocycles. The minimum Gasteiger partial charge on any atom is -0.496 e. The molecular formula is C14H12ClFO2. The van der Waals surface area contributed by atoms with Gasteiger partial charge in [0.25, 0.3) is 0 Å². The summed E-state index contributed by atoms with van der Waals surface area (Å²) < 4.78 is 18.8. The van der Waals surface area contributed by atoms with Crippen LogP contribution in [0.1, 0.15) is 17.2 Å². The second kappa shape index (κ2) is 5.38. The van der Waals surface area contributed by atoms with Gasteiger partial charge in [0.05, 0.1) is 7.11 Å². The van der Waals surface area contributed by atoms with Crippen LogP contribution in [-0.4, -0.2) is 12.2 Å². The number of rotatable bonds is 3. The zero-order valence-electron chi connectivity index (χ0n) is 9.73. The first-order valence-electron chi connectivity index (χ1n) is 5.39. The van der Waals surface area contributed by atoms with E-state index in [0.717, 1.165) is 0 Å². The molecule has 0 fully saturated rings. The number of methoxy groups -OCH3 is 1. The van der Waals surface area contributed by atoms with Crippen LogP contribution in [0.15, 0.2) is 42.5 Å². The van der Waals surface area contributed by atoms with Crippen LogP contribution in [0.4, 0.5) is 4.39 Å². The Hall–Kier alpha value is -1.58. The quantitative estimate of drug-likeness (QED) is 0.920. The Labute approximate surface area is 110 Å². The lowest BCUT2D eigenvalue weighted by Gasteiger charge is -2.16. The standard InChI is InChI=1S/C14H12ClFO2/c1-18-13-7-6-9(15)8-11(13)14(17)10-4-2-3-5-12(10)16/h2-8,14,17H,1H3. The molecule has 18 heavy (non-hydrogen) atoms. The van der Waals surface area contributed by atoms with E-state index in [-0.39, 0.29) is 5.56 Å². The maximum absolute atomic E-state index is 13.6. The summed E-state index contributed by atoms with van der Waals surface area (Å²) >= 11 is 5.88. The van der Waals surface area contributed by atoms with Gasteiger partial charge in [0.1, 0.15) is 17.7 Å². The highest BCUT2D eigenvalue weighted by Crippen LogP contribution is 2.33. The van der Waals surface area contributed by atoms with Gasteiger partial charge in [0.15, 0.2) is 0 Å². The maximum atomic E-state index is 13.6. The molecule has 94 valence electrons. The van der Waals surface area contributed by atoms with Crippen molar-refractivity contribution >= 4 is 11.6 Å². The molecule has 1 N–H and O–H groups in total. The molecule has 0 bridgehead atoms. The van der Waals surface area contributed by atoms with Gasteiger partial charge in [-0.1, -0.05) is 29.8 Å². The van der Waals surface area contributed by atoms with Gasteiger partial charge in [-0.05, 0) is 24.3 Å². The van der Waals surface area contributed by atoms with E-state index in [9.17, 15) is 9.50 Å². The van der Waals surface area contributed by atoms with Crippen LogP contribution in [-0.2, 0) is 0 Å². The monoisotopic (exact) mass is 266 g/mol. The van der Waals surface area contributed by atoms with E-state index in [2.05, 4.69) is 0 Å². The number of aliphatic hydroxyl groups excluding tert-OH is 1. The Kier molecular flexibility index (Phi) is 3.84. The number of hydrogen-bond acceptors (Lipinski definition) is 2. The van der Waals surface area contributed by atoms with Crippen molar-refractivity contribution in [2.24, 2.45) is 0 Å². The van der Waals surface area contributed by atoms with Crippen molar-refractivity contribution in [1.82, 2.24) is 0 Å². The fourth-order valence-electron chi connectivity index (χ4n) is 1.78. The molecule has 0 saturated carbocycles. The molecule has 4 heteroatoms. The largest absolute Gasteiger partial charge is 0.496 e. The first kappa shape index (κ1) is 12.9. The van der Waals surface area contributed by atoms with Gasteiger partial charge in [-0.3, -0.25) is 0 Å². The molecule has 0 spiro atoms. The Balaban J connectivity index is 2.48. The molecule has 0 aromatic heterocycles. The second-order valence-electron chi connectivity index (χ2n) is 3.81. The van der Waals surface area contributed by atoms with Crippen molar-refractivity contribution in [1.29, 1.82) is 0 Å². The van der Waals surface area contributed by atoms with Gasteiger partial charge in [-0.2, -0.15) is 0 Å². The highest BCUT2D eigenvalue weighted by atomic mass is 35.5. The van der Waals surface area contributed by atoms with E-state index in [0.29, 0.717) is 16.3 Å². The van der Waals surface area contributed by atoms with Crippen LogP contribution in [0.5, 0.6) is 5.75 Å². The normalized spacial score (nSPS) is 12.2. The van der Waals surface area contributed by atoms with Crippen LogP contribution in [0.3, 0.4) is 0 Å². The minimum absolute atomic E-state index is 0.193. The Morgan fingerprint density at radius 1 is 1.17 bits per heavy atom. The van der Waals surface area contributed by atoms with Crippen molar-refractivity contribution in [3.63, 3.8) is 0 Å². The first-order chi connectivity index (χ1) is 8.63. The molecule has 0 saturated heterocycles. The van der Waals surface area contributed by atoms with Crippen molar-refractivity contribution in [2.45, 2.75) is 6.10 Å². The molecule has 2 nitrogen and oxygen atoms in total. The molecule has 0 amide bonds. The predicted molar refractivity (Wildman–Crippen MR) is 68.5 cm³/mol. The van der Waals surface area contributed by atoms with Crippen molar-refractivity contribution in [3.8, 4) is 5.75 Å². The zero-order chi connectivity index (χ0) is 13.1. The molecule has 1 unspecified atom stereocenters. The van der Waals surface area contributed by atoms with Gasteiger partial charge in [-0.25, -0.2) is 4.39 Å². The molecule has 0 aliphatic rings. The van der Waals surface area contributed by atoms with Crippen molar-refractivity contribution in [2.75, 3.05) is 7.11 Å². The molecule has 0 radical (unpaired) electrons. The Bertz CT molecular complexity index is 557. The summed E-state index contributed by atoms with van der Waals surface area (Å²) in [6.45, 7) is 0. The summed E-state index contributed by atoms with van der Waals surface area (Å²) in [7, 11) is 1.49. The molecule has 2 rings (SSSR count). The molecule has 2 aromatic carbocycles. The number of ether oxygens (including phenoxy) is 1. The van der Waals surface area contributed by atoms with E-state index < -0.39 is 11.9 Å². The average Bonchev–Trinajstić information content (AvgIpc) is 2.38. The summed E-state index contributed by atoms with van der Waals surface area (Å²) in [6.07, 6.45) is -1.11. The van der Waals surface area contributed by atoms with Crippen molar-refractivity contribution < 1.29 is 14.2 Å². The van der Waals surface area contributed by atoms with E-state index in [1.807, 2.05) is 0 Å². The molecular weight excluding hydrogens is 255 g/mol. The topological polar surface area (TPSA) is 29.5 Å². The third kappa shape index (κ3) is 2.47. The fraction of sp³-hybridized carbons (Fsp3) is 0.143. The number of aliphatic hydroxyl groups is 1. The van der Waals surface area contributed by atoms with Gasteiger partial charge in [-0.15, -0.1) is 0 Å². The smallest absolute Gasteiger partial charge is 0.129 e. The van der Waals surface area contributed by atoms with Crippen LogP contribution in [0, 0.1) is 5.82 Å². The van der Waals surface area contributed by atoms with E-state index in [1.165, 1.54) is 19.2 Å². The summed E-state index contributed by atoms with van der Waals surface area (Å²) in [5.74, 6) is 0.00202. The lowest BCUT2D eigenvalue weighted by atomic mass is 10.0. The SMILES string of the molecule is COc1ccc(Cl)cc1C(O)c1ccccc1F. The molecule has 0 aliphatic carbocycles. The average molecular weight is 267 g/mol. The summed E-state index contributed by atoms with van der Waals surface area (Å²) in [5, 5.41) is 10.7. The fourth-order valence-corrected chi connectivity index (χ4v) is 1.96. The highest BCUT2D eigenvalue weighted by Gasteiger charge is 2.18. The zero-order valence-corrected chi connectivity index (χ0v) is 10.5. The first-order valence-corrected chi connectivity index (χ1v) is 5.77. The summed E-state index contributed by atoms with van der Waals surface area (Å²) in [6, 6.07) is 10.9. The van der Waals surface area contributed by atoms with Crippen LogP contribution in [0.25, 0.3) is 0 Å². The number of hydrogen-bond donors (Lipinski definition) is 1. The second-order valence-corrected chi connectivity index (χ2v) is 4.25. The maximum Gasteiger partial charge on any atom is 0.129 e. The minimum atomic E-state index is -1.11. The van der Waals surface area contributed by atoms with E-state index in [1.54, 1.807) is 30.3 Å². The highest BCUT2D eigenvalue weighted by molar-refractivity contribution is 6.30. The molecule has 1 atom stereocenters. The van der Waals surface area contributed by atoms with E-state index >= 15 is 0 Å². The van der Waals surface area contributed by atoms with Crippen molar-refractivity contribution in [3.05, 3.63) is 64.4 Å². The summed E-state index contributed by atoms with van der Waals surface area (Å²) in [4.78, 5) is 0. The Morgan fingerprint density at radius 3 is 2.56 bits per heavy atom. The van der Waals surface area contributed by atoms with Gasteiger partial charge in [0, 0.05) is 16.1 Å². The third-order valence-corrected chi connectivity index (χ3v) is 2.92. The lowest BCUT2D eigenvalue weighted by molar-refractivity contribution is 0.209. The van der Waals surface area contributed by atoms with Crippen LogP contribution >= 0.6 is 11.6 Å². The predicted octanol–water partition coefficient (Wildman–Crippen LogP) is 3.57. The summed E-state index contributed by atoms with van der Waals surface area (Å²) in [5.41, 5.74) is 0.633. The van der Waals surface area contributed by atoms with Gasteiger partial charge in [0.2, 0.25) is 0 Å². The van der Waals surface area contributed by atoms with Gasteiger partial charge >= 0.3 is 0 Å². The molecule has 0 aliphatic heterocycles. The van der Waals surface area contributed by atoms with E-state index in [4.69, 9.17) is 16.3 Å². The Morgan fingerprint density at radius 2 is 1.89 bits per heavy atom. The number of halogens is 2. The third-order valence-electron chi connectivity index (χ3n) is 2.69. The van der Waals surface area contributed by atoms with Crippen LogP contribution in [0.2, 0.25) is 5.02 Å². The van der Waals surface area contributed by atoms with Crippen LogP contribution < -0.4 is 4.74 Å². The number of benzene rings is 2. The lowest BCUT2D eigenvalue weighted by Crippen LogP contribution is -2.04.